The quantitative estimate of drug-likeness (QED) is 0.913. The van der Waals surface area contributed by atoms with Crippen LogP contribution in [0.5, 0.6) is 5.75 Å². The van der Waals surface area contributed by atoms with Crippen LogP contribution in [-0.2, 0) is 17.8 Å². The van der Waals surface area contributed by atoms with Gasteiger partial charge in [0.25, 0.3) is 0 Å². The molecule has 0 bridgehead atoms. The predicted octanol–water partition coefficient (Wildman–Crippen LogP) is 2.05. The second-order valence-electron chi connectivity index (χ2n) is 5.51. The zero-order chi connectivity index (χ0) is 15.0. The summed E-state index contributed by atoms with van der Waals surface area (Å²) in [6, 6.07) is 6.79. The number of hydrogen-bond acceptors (Lipinski definition) is 3. The number of rotatable bonds is 5. The van der Waals surface area contributed by atoms with E-state index in [2.05, 4.69) is 0 Å². The Bertz CT molecular complexity index is 759. The second-order valence-corrected chi connectivity index (χ2v) is 5.51. The molecule has 0 spiro atoms. The van der Waals surface area contributed by atoms with Crippen molar-refractivity contribution in [3.05, 3.63) is 40.2 Å². The van der Waals surface area contributed by atoms with Gasteiger partial charge in [0.2, 0.25) is 0 Å². The van der Waals surface area contributed by atoms with E-state index >= 15 is 0 Å². The SMILES string of the molecule is COc1ccc2c(c1)c(=O)cc(CC(=O)O)n2CC1CC1. The molecule has 2 aromatic rings. The minimum Gasteiger partial charge on any atom is -0.497 e. The molecule has 0 unspecified atom stereocenters. The van der Waals surface area contributed by atoms with E-state index in [1.807, 2.05) is 10.6 Å². The van der Waals surface area contributed by atoms with Gasteiger partial charge in [-0.1, -0.05) is 0 Å². The summed E-state index contributed by atoms with van der Waals surface area (Å²) in [4.78, 5) is 23.3. The largest absolute Gasteiger partial charge is 0.497 e. The first-order valence-electron chi connectivity index (χ1n) is 7.00. The van der Waals surface area contributed by atoms with Crippen molar-refractivity contribution in [1.29, 1.82) is 0 Å². The normalized spacial score (nSPS) is 14.3. The number of nitrogens with zero attached hydrogens (tertiary/aromatic N) is 1. The number of benzene rings is 1. The van der Waals surface area contributed by atoms with Crippen LogP contribution in [0.15, 0.2) is 29.1 Å². The first kappa shape index (κ1) is 13.7. The van der Waals surface area contributed by atoms with E-state index in [4.69, 9.17) is 9.84 Å². The Morgan fingerprint density at radius 2 is 2.14 bits per heavy atom. The molecule has 1 saturated carbocycles. The maximum atomic E-state index is 12.2. The molecule has 1 aliphatic carbocycles. The highest BCUT2D eigenvalue weighted by molar-refractivity contribution is 5.82. The summed E-state index contributed by atoms with van der Waals surface area (Å²) in [5, 5.41) is 9.62. The Morgan fingerprint density at radius 3 is 2.76 bits per heavy atom. The average molecular weight is 287 g/mol. The molecule has 5 heteroatoms. The standard InChI is InChI=1S/C16H17NO4/c1-21-12-4-5-14-13(8-12)15(18)6-11(7-16(19)20)17(14)9-10-2-3-10/h4-6,8,10H,2-3,7,9H2,1H3,(H,19,20). The third-order valence-electron chi connectivity index (χ3n) is 3.87. The van der Waals surface area contributed by atoms with Gasteiger partial charge >= 0.3 is 5.97 Å². The van der Waals surface area contributed by atoms with E-state index in [-0.39, 0.29) is 11.8 Å². The number of fused-ring (bicyclic) bond motifs is 1. The zero-order valence-electron chi connectivity index (χ0n) is 11.8. The molecular formula is C16H17NO4. The fourth-order valence-corrected chi connectivity index (χ4v) is 2.61. The highest BCUT2D eigenvalue weighted by atomic mass is 16.5. The van der Waals surface area contributed by atoms with Crippen LogP contribution in [0.3, 0.4) is 0 Å². The van der Waals surface area contributed by atoms with Crippen LogP contribution in [0, 0.1) is 5.92 Å². The first-order chi connectivity index (χ1) is 10.1. The molecule has 1 aromatic carbocycles. The van der Waals surface area contributed by atoms with E-state index in [1.165, 1.54) is 6.07 Å². The minimum absolute atomic E-state index is 0.135. The molecule has 0 aliphatic heterocycles. The number of aliphatic carboxylic acids is 1. The fraction of sp³-hybridized carbons (Fsp3) is 0.375. The molecule has 0 radical (unpaired) electrons. The Balaban J connectivity index is 2.21. The molecule has 1 aliphatic rings. The molecule has 1 N–H and O–H groups in total. The third kappa shape index (κ3) is 2.77. The smallest absolute Gasteiger partial charge is 0.309 e. The topological polar surface area (TPSA) is 68.5 Å². The summed E-state index contributed by atoms with van der Waals surface area (Å²) in [5.74, 6) is 0.292. The van der Waals surface area contributed by atoms with Crippen molar-refractivity contribution in [2.24, 2.45) is 5.92 Å². The Hall–Kier alpha value is -2.30. The summed E-state index contributed by atoms with van der Waals surface area (Å²) >= 11 is 0. The molecule has 110 valence electrons. The fourth-order valence-electron chi connectivity index (χ4n) is 2.61. The Labute approximate surface area is 121 Å². The zero-order valence-corrected chi connectivity index (χ0v) is 11.8. The van der Waals surface area contributed by atoms with Gasteiger partial charge in [0, 0.05) is 23.7 Å². The number of carboxylic acids is 1. The van der Waals surface area contributed by atoms with Crippen LogP contribution < -0.4 is 10.2 Å². The van der Waals surface area contributed by atoms with Crippen LogP contribution in [0.2, 0.25) is 0 Å². The number of aromatic nitrogens is 1. The van der Waals surface area contributed by atoms with Gasteiger partial charge in [0.1, 0.15) is 5.75 Å². The summed E-state index contributed by atoms with van der Waals surface area (Å²) in [5.41, 5.74) is 1.19. The summed E-state index contributed by atoms with van der Waals surface area (Å²) in [7, 11) is 1.56. The van der Waals surface area contributed by atoms with Gasteiger partial charge in [0.15, 0.2) is 5.43 Å². The van der Waals surface area contributed by atoms with Gasteiger partial charge < -0.3 is 14.4 Å². The molecule has 1 aromatic heterocycles. The summed E-state index contributed by atoms with van der Waals surface area (Å²) < 4.78 is 7.14. The molecule has 21 heavy (non-hydrogen) atoms. The predicted molar refractivity (Wildman–Crippen MR) is 78.8 cm³/mol. The molecule has 1 heterocycles. The summed E-state index contributed by atoms with van der Waals surface area (Å²) in [6.45, 7) is 0.770. The molecule has 0 amide bonds. The van der Waals surface area contributed by atoms with E-state index in [1.54, 1.807) is 19.2 Å². The molecule has 3 rings (SSSR count). The maximum absolute atomic E-state index is 12.2. The lowest BCUT2D eigenvalue weighted by molar-refractivity contribution is -0.136. The molecule has 1 fully saturated rings. The lowest BCUT2D eigenvalue weighted by Crippen LogP contribution is -2.18. The van der Waals surface area contributed by atoms with Crippen molar-refractivity contribution in [1.82, 2.24) is 4.57 Å². The molecule has 5 nitrogen and oxygen atoms in total. The first-order valence-corrected chi connectivity index (χ1v) is 7.00. The van der Waals surface area contributed by atoms with Gasteiger partial charge in [-0.25, -0.2) is 0 Å². The number of methoxy groups -OCH3 is 1. The highest BCUT2D eigenvalue weighted by Crippen LogP contribution is 2.32. The van der Waals surface area contributed by atoms with Crippen molar-refractivity contribution in [3.63, 3.8) is 0 Å². The second kappa shape index (κ2) is 5.24. The lowest BCUT2D eigenvalue weighted by atomic mass is 10.1. The van der Waals surface area contributed by atoms with Crippen LogP contribution in [0.4, 0.5) is 0 Å². The van der Waals surface area contributed by atoms with E-state index in [9.17, 15) is 9.59 Å². The van der Waals surface area contributed by atoms with E-state index < -0.39 is 5.97 Å². The van der Waals surface area contributed by atoms with Crippen LogP contribution >= 0.6 is 0 Å². The monoisotopic (exact) mass is 287 g/mol. The maximum Gasteiger partial charge on any atom is 0.309 e. The van der Waals surface area contributed by atoms with Gasteiger partial charge in [0.05, 0.1) is 19.0 Å². The van der Waals surface area contributed by atoms with Crippen LogP contribution in [0.1, 0.15) is 18.5 Å². The number of ether oxygens (including phenoxy) is 1. The van der Waals surface area contributed by atoms with Gasteiger partial charge in [-0.05, 0) is 37.0 Å². The average Bonchev–Trinajstić information content (AvgIpc) is 3.26. The van der Waals surface area contributed by atoms with Crippen LogP contribution in [0.25, 0.3) is 10.9 Å². The number of carbonyl (C=O) groups is 1. The number of pyridine rings is 1. The Morgan fingerprint density at radius 1 is 1.38 bits per heavy atom. The minimum atomic E-state index is -0.924. The van der Waals surface area contributed by atoms with Gasteiger partial charge in [-0.2, -0.15) is 0 Å². The van der Waals surface area contributed by atoms with Gasteiger partial charge in [-0.3, -0.25) is 9.59 Å². The van der Waals surface area contributed by atoms with Crippen molar-refractivity contribution >= 4 is 16.9 Å². The molecular weight excluding hydrogens is 270 g/mol. The third-order valence-corrected chi connectivity index (χ3v) is 3.87. The van der Waals surface area contributed by atoms with E-state index in [0.717, 1.165) is 24.9 Å². The van der Waals surface area contributed by atoms with Gasteiger partial charge in [-0.15, -0.1) is 0 Å². The summed E-state index contributed by atoms with van der Waals surface area (Å²) in [6.07, 6.45) is 2.19. The lowest BCUT2D eigenvalue weighted by Gasteiger charge is -2.16. The Kier molecular flexibility index (Phi) is 3.41. The van der Waals surface area contributed by atoms with Crippen molar-refractivity contribution in [3.8, 4) is 5.75 Å². The van der Waals surface area contributed by atoms with Crippen LogP contribution in [-0.4, -0.2) is 22.8 Å². The van der Waals surface area contributed by atoms with Crippen molar-refractivity contribution in [2.75, 3.05) is 7.11 Å². The highest BCUT2D eigenvalue weighted by Gasteiger charge is 2.24. The molecule has 0 atom stereocenters. The number of hydrogen-bond donors (Lipinski definition) is 1. The van der Waals surface area contributed by atoms with Crippen molar-refractivity contribution < 1.29 is 14.6 Å². The number of carboxylic acid groups (broad SMARTS) is 1. The molecule has 0 saturated heterocycles. The van der Waals surface area contributed by atoms with Crippen molar-refractivity contribution in [2.45, 2.75) is 25.8 Å². The van der Waals surface area contributed by atoms with E-state index in [0.29, 0.717) is 22.7 Å².